The van der Waals surface area contributed by atoms with Crippen molar-refractivity contribution in [2.45, 2.75) is 18.7 Å². The zero-order chi connectivity index (χ0) is 22.0. The van der Waals surface area contributed by atoms with Crippen molar-refractivity contribution in [2.75, 3.05) is 0 Å². The maximum atomic E-state index is 12.9. The van der Waals surface area contributed by atoms with Gasteiger partial charge in [-0.05, 0) is 72.1 Å². The largest absolute Gasteiger partial charge is 0.378 e. The Bertz CT molecular complexity index is 1390. The second kappa shape index (κ2) is 8.53. The van der Waals surface area contributed by atoms with Crippen LogP contribution in [0.2, 0.25) is 5.02 Å². The summed E-state index contributed by atoms with van der Waals surface area (Å²) in [6.45, 7) is 3.99. The normalized spacial score (nSPS) is 11.8. The molecule has 0 aromatic heterocycles. The molecule has 0 amide bonds. The Hall–Kier alpha value is -3.15. The van der Waals surface area contributed by atoms with Crippen LogP contribution in [0, 0.1) is 13.8 Å². The van der Waals surface area contributed by atoms with Gasteiger partial charge in [0.2, 0.25) is 0 Å². The lowest BCUT2D eigenvalue weighted by Gasteiger charge is -2.12. The second-order valence-corrected chi connectivity index (χ2v) is 9.22. The van der Waals surface area contributed by atoms with E-state index in [-0.39, 0.29) is 10.6 Å². The number of aliphatic imine (C=N–C) groups is 1. The molecule has 4 rings (SSSR count). The summed E-state index contributed by atoms with van der Waals surface area (Å²) in [4.78, 5) is 4.67. The minimum atomic E-state index is -4.04. The fraction of sp³-hybridized carbons (Fsp3) is 0.0800. The fourth-order valence-corrected chi connectivity index (χ4v) is 4.31. The molecule has 0 saturated carbocycles. The molecule has 0 saturated heterocycles. The molecule has 0 radical (unpaired) electrons. The van der Waals surface area contributed by atoms with E-state index in [9.17, 15) is 8.42 Å². The summed E-state index contributed by atoms with van der Waals surface area (Å²) in [7, 11) is -4.04. The van der Waals surface area contributed by atoms with E-state index in [1.54, 1.807) is 12.3 Å². The number of hydrogen-bond acceptors (Lipinski definition) is 4. The van der Waals surface area contributed by atoms with Gasteiger partial charge in [0.15, 0.2) is 5.75 Å². The number of benzene rings is 4. The average molecular weight is 450 g/mol. The van der Waals surface area contributed by atoms with Crippen LogP contribution in [-0.2, 0) is 10.1 Å². The Morgan fingerprint density at radius 2 is 1.65 bits per heavy atom. The first kappa shape index (κ1) is 21.1. The minimum Gasteiger partial charge on any atom is -0.378 e. The summed E-state index contributed by atoms with van der Waals surface area (Å²) < 4.78 is 31.3. The van der Waals surface area contributed by atoms with Crippen molar-refractivity contribution in [3.63, 3.8) is 0 Å². The third-order valence-electron chi connectivity index (χ3n) is 4.93. The molecule has 0 aliphatic heterocycles. The molecular formula is C25H20ClNO3S. The van der Waals surface area contributed by atoms with Crippen molar-refractivity contribution in [3.8, 4) is 5.75 Å². The molecule has 0 aliphatic carbocycles. The van der Waals surface area contributed by atoms with Gasteiger partial charge in [-0.1, -0.05) is 54.1 Å². The Morgan fingerprint density at radius 3 is 2.42 bits per heavy atom. The molecule has 4 nitrogen and oxygen atoms in total. The van der Waals surface area contributed by atoms with Gasteiger partial charge >= 0.3 is 10.1 Å². The molecular weight excluding hydrogens is 430 g/mol. The zero-order valence-corrected chi connectivity index (χ0v) is 18.6. The highest BCUT2D eigenvalue weighted by Gasteiger charge is 2.19. The van der Waals surface area contributed by atoms with Gasteiger partial charge in [0.25, 0.3) is 0 Å². The van der Waals surface area contributed by atoms with Crippen LogP contribution >= 0.6 is 11.6 Å². The van der Waals surface area contributed by atoms with E-state index in [0.717, 1.165) is 27.6 Å². The second-order valence-electron chi connectivity index (χ2n) is 7.24. The molecule has 156 valence electrons. The topological polar surface area (TPSA) is 55.7 Å². The average Bonchev–Trinajstić information content (AvgIpc) is 2.75. The number of fused-ring (bicyclic) bond motifs is 1. The molecule has 0 fully saturated rings. The van der Waals surface area contributed by atoms with Gasteiger partial charge in [0.05, 0.1) is 5.69 Å². The molecule has 0 spiro atoms. The van der Waals surface area contributed by atoms with Crippen LogP contribution < -0.4 is 4.18 Å². The van der Waals surface area contributed by atoms with Crippen LogP contribution in [0.15, 0.2) is 88.8 Å². The van der Waals surface area contributed by atoms with Crippen LogP contribution in [0.25, 0.3) is 10.8 Å². The highest BCUT2D eigenvalue weighted by atomic mass is 35.5. The molecule has 0 aliphatic rings. The van der Waals surface area contributed by atoms with Gasteiger partial charge in [0, 0.05) is 16.8 Å². The Kier molecular flexibility index (Phi) is 5.81. The predicted molar refractivity (Wildman–Crippen MR) is 126 cm³/mol. The van der Waals surface area contributed by atoms with Crippen LogP contribution in [0.5, 0.6) is 5.75 Å². The molecule has 6 heteroatoms. The number of nitrogens with zero attached hydrogens (tertiary/aromatic N) is 1. The molecule has 4 aromatic carbocycles. The minimum absolute atomic E-state index is 0.0301. The molecule has 0 bridgehead atoms. The van der Waals surface area contributed by atoms with Crippen LogP contribution in [0.4, 0.5) is 5.69 Å². The number of aryl methyl sites for hydroxylation is 2. The quantitative estimate of drug-likeness (QED) is 0.254. The number of rotatable bonds is 5. The molecule has 31 heavy (non-hydrogen) atoms. The van der Waals surface area contributed by atoms with Crippen LogP contribution in [0.1, 0.15) is 16.7 Å². The summed E-state index contributed by atoms with van der Waals surface area (Å²) in [6.07, 6.45) is 1.66. The monoisotopic (exact) mass is 449 g/mol. The smallest absolute Gasteiger partial charge is 0.339 e. The van der Waals surface area contributed by atoms with Crippen LogP contribution in [-0.4, -0.2) is 14.6 Å². The summed E-state index contributed by atoms with van der Waals surface area (Å²) in [5.74, 6) is 0.211. The Balaban J connectivity index is 1.81. The van der Waals surface area contributed by atoms with E-state index in [1.165, 1.54) is 24.3 Å². The lowest BCUT2D eigenvalue weighted by molar-refractivity contribution is 0.486. The summed E-state index contributed by atoms with van der Waals surface area (Å²) in [5, 5.41) is 2.26. The summed E-state index contributed by atoms with van der Waals surface area (Å²) in [5.41, 5.74) is 3.53. The Morgan fingerprint density at radius 1 is 0.903 bits per heavy atom. The van der Waals surface area contributed by atoms with E-state index >= 15 is 0 Å². The van der Waals surface area contributed by atoms with Crippen molar-refractivity contribution >= 4 is 44.4 Å². The maximum Gasteiger partial charge on any atom is 0.339 e. The van der Waals surface area contributed by atoms with Gasteiger partial charge in [-0.25, -0.2) is 0 Å². The maximum absolute atomic E-state index is 12.9. The third-order valence-corrected chi connectivity index (χ3v) is 6.43. The van der Waals surface area contributed by atoms with Crippen molar-refractivity contribution < 1.29 is 12.6 Å². The zero-order valence-electron chi connectivity index (χ0n) is 17.0. The standard InChI is InChI=1S/C25H20ClNO3S/c1-17-7-8-18(2)24(15-17)27-16-23-22-6-4-3-5-19(22)9-14-25(23)30-31(28,29)21-12-10-20(26)11-13-21/h3-16H,1-2H3. The van der Waals surface area contributed by atoms with Crippen molar-refractivity contribution in [1.82, 2.24) is 0 Å². The number of hydrogen-bond donors (Lipinski definition) is 0. The molecule has 0 unspecified atom stereocenters. The van der Waals surface area contributed by atoms with Gasteiger partial charge in [-0.3, -0.25) is 4.99 Å². The first-order valence-electron chi connectivity index (χ1n) is 9.67. The fourth-order valence-electron chi connectivity index (χ4n) is 3.24. The highest BCUT2D eigenvalue weighted by molar-refractivity contribution is 7.87. The summed E-state index contributed by atoms with van der Waals surface area (Å²) >= 11 is 5.88. The lowest BCUT2D eigenvalue weighted by Crippen LogP contribution is -2.11. The molecule has 4 aromatic rings. The summed E-state index contributed by atoms with van der Waals surface area (Å²) in [6, 6.07) is 23.1. The Labute approximate surface area is 186 Å². The third kappa shape index (κ3) is 4.63. The van der Waals surface area contributed by atoms with E-state index in [2.05, 4.69) is 4.99 Å². The van der Waals surface area contributed by atoms with Crippen molar-refractivity contribution in [1.29, 1.82) is 0 Å². The van der Waals surface area contributed by atoms with Gasteiger partial charge in [-0.2, -0.15) is 8.42 Å². The number of halogens is 1. The first-order chi connectivity index (χ1) is 14.8. The van der Waals surface area contributed by atoms with Crippen molar-refractivity contribution in [3.05, 3.63) is 101 Å². The molecule has 0 atom stereocenters. The van der Waals surface area contributed by atoms with E-state index in [1.807, 2.05) is 62.4 Å². The van der Waals surface area contributed by atoms with Crippen LogP contribution in [0.3, 0.4) is 0 Å². The molecule has 0 heterocycles. The van der Waals surface area contributed by atoms with E-state index < -0.39 is 10.1 Å². The lowest BCUT2D eigenvalue weighted by atomic mass is 10.0. The predicted octanol–water partition coefficient (Wildman–Crippen LogP) is 6.63. The first-order valence-corrected chi connectivity index (χ1v) is 11.5. The van der Waals surface area contributed by atoms with Crippen molar-refractivity contribution in [2.24, 2.45) is 4.99 Å². The van der Waals surface area contributed by atoms with E-state index in [0.29, 0.717) is 10.6 Å². The van der Waals surface area contributed by atoms with Gasteiger partial charge in [0.1, 0.15) is 4.90 Å². The SMILES string of the molecule is Cc1ccc(C)c(N=Cc2c(OS(=O)(=O)c3ccc(Cl)cc3)ccc3ccccc23)c1. The highest BCUT2D eigenvalue weighted by Crippen LogP contribution is 2.30. The van der Waals surface area contributed by atoms with E-state index in [4.69, 9.17) is 15.8 Å². The van der Waals surface area contributed by atoms with Gasteiger partial charge < -0.3 is 4.18 Å². The molecule has 0 N–H and O–H groups in total. The van der Waals surface area contributed by atoms with Gasteiger partial charge in [-0.15, -0.1) is 0 Å².